The first kappa shape index (κ1) is 45.4. The fraction of sp³-hybridized carbons (Fsp3) is 0.531. The van der Waals surface area contributed by atoms with Crippen molar-refractivity contribution in [1.82, 2.24) is 25.5 Å². The van der Waals surface area contributed by atoms with Gasteiger partial charge >= 0.3 is 22.0 Å². The minimum atomic E-state index is -3.93. The van der Waals surface area contributed by atoms with Crippen molar-refractivity contribution in [2.75, 3.05) is 13.7 Å². The molecule has 4 fully saturated rings. The van der Waals surface area contributed by atoms with Crippen LogP contribution >= 0.6 is 0 Å². The molecule has 1 saturated heterocycles. The molecule has 0 bridgehead atoms. The molecule has 0 radical (unpaired) electrons. The minimum Gasteiger partial charge on any atom is -0.497 e. The summed E-state index contributed by atoms with van der Waals surface area (Å²) in [5, 5.41) is 6.43. The van der Waals surface area contributed by atoms with Gasteiger partial charge in [-0.2, -0.15) is 18.1 Å². The molecule has 3 saturated carbocycles. The number of methoxy groups -OCH3 is 1. The van der Waals surface area contributed by atoms with Crippen molar-refractivity contribution in [3.05, 3.63) is 65.4 Å². The van der Waals surface area contributed by atoms with E-state index in [2.05, 4.69) is 37.1 Å². The number of sulfonamides is 1. The molecular weight excluding hydrogens is 865 g/mol. The number of quaternary nitrogens is 1. The number of primary amides is 1. The molecule has 3 aliphatic carbocycles. The number of carbonyl (C=O) groups is 4. The lowest BCUT2D eigenvalue weighted by atomic mass is 9.87. The van der Waals surface area contributed by atoms with Crippen LogP contribution in [0.1, 0.15) is 117 Å². The van der Waals surface area contributed by atoms with Crippen LogP contribution in [0.5, 0.6) is 11.6 Å². The van der Waals surface area contributed by atoms with Gasteiger partial charge in [-0.3, -0.25) is 9.59 Å². The Kier molecular flexibility index (Phi) is 12.0. The lowest BCUT2D eigenvalue weighted by Gasteiger charge is -2.29. The second-order valence-electron chi connectivity index (χ2n) is 19.8. The first-order chi connectivity index (χ1) is 31.5. The summed E-state index contributed by atoms with van der Waals surface area (Å²) in [4.78, 5) is 68.4. The number of nitrogens with two attached hydrogens (primary N) is 1. The van der Waals surface area contributed by atoms with Crippen molar-refractivity contribution in [3.8, 4) is 23.0 Å². The van der Waals surface area contributed by atoms with E-state index in [4.69, 9.17) is 28.6 Å². The number of nitrogens with one attached hydrogen (secondary N) is 2. The van der Waals surface area contributed by atoms with Crippen LogP contribution in [0.3, 0.4) is 0 Å². The quantitative estimate of drug-likeness (QED) is 0.165. The van der Waals surface area contributed by atoms with E-state index in [0.29, 0.717) is 65.7 Å². The highest BCUT2D eigenvalue weighted by Crippen LogP contribution is 2.44. The second kappa shape index (κ2) is 17.5. The van der Waals surface area contributed by atoms with E-state index in [1.165, 1.54) is 4.90 Å². The van der Waals surface area contributed by atoms with E-state index in [1.807, 2.05) is 42.5 Å². The summed E-state index contributed by atoms with van der Waals surface area (Å²) < 4.78 is 50.8. The average Bonchev–Trinajstić information content (AvgIpc) is 3.95. The number of nitrogens with zero attached hydrogens (tertiary/aromatic N) is 3. The van der Waals surface area contributed by atoms with Crippen molar-refractivity contribution in [3.63, 3.8) is 0 Å². The molecule has 2 aliphatic heterocycles. The standard InChI is InChI=1S/C49H58N6O10S/c1-47(2,3)30-19-17-29(18-20-30)41-51-39-35-22-21-33(62-5)26-38(35)65-40(39)43(52-41)63-34-25-37-42(56)53-49(45(58)54-66(60,61)48(4)23-24-48)27-31(49)13-9-7-6-8-10-16-36(44(57)55(37)28-34)50-46(59)64-32-14-11-12-15-32/h9,17-22,26,32,34,36-37H,6-8,10-12,14-16,23-25,27-28H2,1-5H3,(H,50,59)(H,53,56)(H,54,58)/p+1/t13?,34-,36+,37+,49-/m1/s1. The number of rotatable bonds is 9. The van der Waals surface area contributed by atoms with Gasteiger partial charge in [0.1, 0.15) is 45.9 Å². The highest BCUT2D eigenvalue weighted by atomic mass is 32.2. The molecule has 4 amide bonds. The topological polar surface area (TPSA) is 213 Å². The van der Waals surface area contributed by atoms with Gasteiger partial charge in [-0.15, -0.1) is 5.73 Å². The lowest BCUT2D eigenvalue weighted by Crippen LogP contribution is -2.96. The fourth-order valence-corrected chi connectivity index (χ4v) is 10.7. The highest BCUT2D eigenvalue weighted by molar-refractivity contribution is 7.86. The molecular formula is C49H59N6O10S+. The second-order valence-corrected chi connectivity index (χ2v) is 22.1. The molecule has 4 atom stereocenters. The first-order valence-corrected chi connectivity index (χ1v) is 24.8. The number of benzene rings is 2. The number of aromatic nitrogens is 2. The third kappa shape index (κ3) is 9.04. The van der Waals surface area contributed by atoms with Crippen molar-refractivity contribution in [2.24, 2.45) is 0 Å². The Hall–Kier alpha value is -5.77. The Balaban J connectivity index is 1.07. The number of amides is 4. The van der Waals surface area contributed by atoms with Gasteiger partial charge in [0.25, 0.3) is 5.88 Å². The largest absolute Gasteiger partial charge is 0.497 e. The number of ether oxygens (including phenoxy) is 3. The van der Waals surface area contributed by atoms with E-state index < -0.39 is 62.3 Å². The van der Waals surface area contributed by atoms with Crippen LogP contribution < -0.4 is 24.8 Å². The molecule has 9 rings (SSSR count). The molecule has 350 valence electrons. The molecule has 4 heterocycles. The SMILES string of the molecule is COc1ccc2c(c1)oc1c(O[C@@H]3C[C@H]4C(=O)N[C@]5(C(=O)[NH2+]S(=O)(=O)C6(C)CC6)CC5=C=CCCCCC[C@H](NC(=O)OC5CCCC5)C(=O)N4C3)nc(-c3ccc(C(C)(C)C)cc3)nc12. The van der Waals surface area contributed by atoms with Gasteiger partial charge in [-0.05, 0) is 93.9 Å². The van der Waals surface area contributed by atoms with Crippen LogP contribution in [-0.2, 0) is 34.6 Å². The molecule has 17 heteroatoms. The summed E-state index contributed by atoms with van der Waals surface area (Å²) in [6.07, 6.45) is 7.34. The molecule has 4 N–H and O–H groups in total. The van der Waals surface area contributed by atoms with Crippen molar-refractivity contribution in [1.29, 1.82) is 0 Å². The number of hydrogen-bond acceptors (Lipinski definition) is 12. The molecule has 5 aliphatic rings. The molecule has 2 aromatic heterocycles. The first-order valence-electron chi connectivity index (χ1n) is 23.2. The van der Waals surface area contributed by atoms with Gasteiger partial charge < -0.3 is 34.2 Å². The normalized spacial score (nSPS) is 24.7. The van der Waals surface area contributed by atoms with Gasteiger partial charge in [-0.1, -0.05) is 57.9 Å². The Morgan fingerprint density at radius 1 is 0.985 bits per heavy atom. The summed E-state index contributed by atoms with van der Waals surface area (Å²) in [6, 6.07) is 11.2. The van der Waals surface area contributed by atoms with Crippen LogP contribution in [0.25, 0.3) is 33.5 Å². The maximum Gasteiger partial charge on any atom is 0.408 e. The van der Waals surface area contributed by atoms with Gasteiger partial charge in [-0.25, -0.2) is 14.6 Å². The number of alkyl carbamates (subject to hydrolysis) is 1. The number of primary sulfonamides is 1. The highest BCUT2D eigenvalue weighted by Gasteiger charge is 2.64. The Labute approximate surface area is 384 Å². The van der Waals surface area contributed by atoms with Crippen molar-refractivity contribution in [2.45, 2.75) is 151 Å². The zero-order valence-corrected chi connectivity index (χ0v) is 39.1. The lowest BCUT2D eigenvalue weighted by molar-refractivity contribution is -0.417. The maximum absolute atomic E-state index is 14.9. The minimum absolute atomic E-state index is 0.0365. The summed E-state index contributed by atoms with van der Waals surface area (Å²) in [7, 11) is -2.37. The molecule has 4 aromatic rings. The third-order valence-corrected chi connectivity index (χ3v) is 16.2. The van der Waals surface area contributed by atoms with Gasteiger partial charge in [0.2, 0.25) is 17.4 Å². The number of carbonyl (C=O) groups excluding carboxylic acids is 4. The summed E-state index contributed by atoms with van der Waals surface area (Å²) in [5.74, 6) is -0.895. The van der Waals surface area contributed by atoms with Crippen LogP contribution in [0, 0.1) is 0 Å². The van der Waals surface area contributed by atoms with Crippen molar-refractivity contribution < 1.29 is 50.9 Å². The Morgan fingerprint density at radius 3 is 2.44 bits per heavy atom. The summed E-state index contributed by atoms with van der Waals surface area (Å²) in [5.41, 5.74) is 5.02. The third-order valence-electron chi connectivity index (χ3n) is 13.9. The Morgan fingerprint density at radius 2 is 1.73 bits per heavy atom. The summed E-state index contributed by atoms with van der Waals surface area (Å²) >= 11 is 0. The van der Waals surface area contributed by atoms with Gasteiger partial charge in [0.05, 0.1) is 13.7 Å². The smallest absolute Gasteiger partial charge is 0.408 e. The van der Waals surface area contributed by atoms with Crippen LogP contribution in [0.2, 0.25) is 0 Å². The van der Waals surface area contributed by atoms with E-state index in [0.717, 1.165) is 54.4 Å². The molecule has 66 heavy (non-hydrogen) atoms. The molecule has 16 nitrogen and oxygen atoms in total. The zero-order chi connectivity index (χ0) is 46.6. The average molecular weight is 924 g/mol. The number of hydrogen-bond donors (Lipinski definition) is 3. The van der Waals surface area contributed by atoms with Crippen molar-refractivity contribution >= 4 is 55.9 Å². The summed E-state index contributed by atoms with van der Waals surface area (Å²) in [6.45, 7) is 7.92. The zero-order valence-electron chi connectivity index (χ0n) is 38.2. The van der Waals surface area contributed by atoms with Crippen LogP contribution in [0.4, 0.5) is 4.79 Å². The monoisotopic (exact) mass is 923 g/mol. The fourth-order valence-electron chi connectivity index (χ4n) is 9.29. The van der Waals surface area contributed by atoms with E-state index in [9.17, 15) is 27.6 Å². The van der Waals surface area contributed by atoms with E-state index in [-0.39, 0.29) is 42.4 Å². The molecule has 2 aromatic carbocycles. The van der Waals surface area contributed by atoms with Crippen LogP contribution in [0.15, 0.2) is 64.3 Å². The number of fused-ring (bicyclic) bond motifs is 5. The predicted octanol–water partition coefficient (Wildman–Crippen LogP) is 6.01. The Bertz CT molecular complexity index is 2760. The van der Waals surface area contributed by atoms with Crippen LogP contribution in [-0.4, -0.2) is 95.3 Å². The van der Waals surface area contributed by atoms with Gasteiger partial charge in [0.15, 0.2) is 11.4 Å². The number of furan rings is 1. The molecule has 0 spiro atoms. The van der Waals surface area contributed by atoms with E-state index >= 15 is 0 Å². The van der Waals surface area contributed by atoms with Gasteiger partial charge in [0, 0.05) is 35.4 Å². The predicted molar refractivity (Wildman–Crippen MR) is 244 cm³/mol. The molecule has 0 unspecified atom stereocenters. The maximum atomic E-state index is 14.9. The van der Waals surface area contributed by atoms with E-state index in [1.54, 1.807) is 20.1 Å².